The first-order valence-corrected chi connectivity index (χ1v) is 7.85. The van der Waals surface area contributed by atoms with Gasteiger partial charge in [0.1, 0.15) is 0 Å². The van der Waals surface area contributed by atoms with Crippen LogP contribution in [0.4, 0.5) is 0 Å². The van der Waals surface area contributed by atoms with Crippen molar-refractivity contribution in [3.8, 4) is 0 Å². The zero-order valence-electron chi connectivity index (χ0n) is 12.1. The van der Waals surface area contributed by atoms with Gasteiger partial charge in [-0.05, 0) is 69.1 Å². The SMILES string of the molecule is Cc1cc(C)nc(SCCCCNCC(C)C)c1. The molecule has 102 valence electrons. The first-order chi connectivity index (χ1) is 8.58. The quantitative estimate of drug-likeness (QED) is 0.572. The first-order valence-electron chi connectivity index (χ1n) is 6.86. The van der Waals surface area contributed by atoms with Crippen molar-refractivity contribution < 1.29 is 0 Å². The summed E-state index contributed by atoms with van der Waals surface area (Å²) in [7, 11) is 0. The summed E-state index contributed by atoms with van der Waals surface area (Å²) >= 11 is 1.87. The predicted molar refractivity (Wildman–Crippen MR) is 81.4 cm³/mol. The van der Waals surface area contributed by atoms with Gasteiger partial charge in [-0.15, -0.1) is 11.8 Å². The molecule has 3 heteroatoms. The van der Waals surface area contributed by atoms with Crippen LogP contribution >= 0.6 is 11.8 Å². The van der Waals surface area contributed by atoms with Crippen molar-refractivity contribution in [2.24, 2.45) is 5.92 Å². The fourth-order valence-corrected chi connectivity index (χ4v) is 2.83. The standard InChI is InChI=1S/C15H26N2S/c1-12(2)11-16-7-5-6-8-18-15-10-13(3)9-14(4)17-15/h9-10,12,16H,5-8,11H2,1-4H3. The molecule has 0 bridgehead atoms. The van der Waals surface area contributed by atoms with Crippen molar-refractivity contribution in [1.82, 2.24) is 10.3 Å². The summed E-state index contributed by atoms with van der Waals surface area (Å²) in [5, 5.41) is 4.65. The Hall–Kier alpha value is -0.540. The molecule has 1 aromatic rings. The third kappa shape index (κ3) is 7.02. The van der Waals surface area contributed by atoms with E-state index in [1.165, 1.54) is 29.2 Å². The molecule has 2 nitrogen and oxygen atoms in total. The number of aryl methyl sites for hydroxylation is 2. The van der Waals surface area contributed by atoms with E-state index in [4.69, 9.17) is 0 Å². The lowest BCUT2D eigenvalue weighted by molar-refractivity contribution is 0.541. The second kappa shape index (κ2) is 8.54. The van der Waals surface area contributed by atoms with E-state index in [1.807, 2.05) is 11.8 Å². The second-order valence-corrected chi connectivity index (χ2v) is 6.39. The highest BCUT2D eigenvalue weighted by Crippen LogP contribution is 2.18. The van der Waals surface area contributed by atoms with Gasteiger partial charge in [0.15, 0.2) is 0 Å². The van der Waals surface area contributed by atoms with Gasteiger partial charge in [0.2, 0.25) is 0 Å². The smallest absolute Gasteiger partial charge is 0.0965 e. The Morgan fingerprint density at radius 1 is 1.22 bits per heavy atom. The summed E-state index contributed by atoms with van der Waals surface area (Å²) in [5.74, 6) is 1.91. The molecule has 0 atom stereocenters. The fraction of sp³-hybridized carbons (Fsp3) is 0.667. The van der Waals surface area contributed by atoms with Gasteiger partial charge in [-0.1, -0.05) is 13.8 Å². The molecule has 0 fully saturated rings. The lowest BCUT2D eigenvalue weighted by Gasteiger charge is -2.07. The number of pyridine rings is 1. The van der Waals surface area contributed by atoms with Crippen molar-refractivity contribution >= 4 is 11.8 Å². The maximum atomic E-state index is 4.54. The zero-order chi connectivity index (χ0) is 13.4. The van der Waals surface area contributed by atoms with Crippen molar-refractivity contribution in [1.29, 1.82) is 0 Å². The maximum absolute atomic E-state index is 4.54. The van der Waals surface area contributed by atoms with Gasteiger partial charge in [0.05, 0.1) is 5.03 Å². The van der Waals surface area contributed by atoms with E-state index in [-0.39, 0.29) is 0 Å². The summed E-state index contributed by atoms with van der Waals surface area (Å²) < 4.78 is 0. The molecular weight excluding hydrogens is 240 g/mol. The molecule has 0 radical (unpaired) electrons. The third-order valence-corrected chi connectivity index (χ3v) is 3.62. The van der Waals surface area contributed by atoms with Crippen molar-refractivity contribution in [2.45, 2.75) is 45.6 Å². The van der Waals surface area contributed by atoms with Gasteiger partial charge < -0.3 is 5.32 Å². The Morgan fingerprint density at radius 3 is 2.67 bits per heavy atom. The van der Waals surface area contributed by atoms with E-state index >= 15 is 0 Å². The molecule has 0 spiro atoms. The van der Waals surface area contributed by atoms with E-state index in [0.29, 0.717) is 0 Å². The summed E-state index contributed by atoms with van der Waals surface area (Å²) in [4.78, 5) is 4.54. The molecule has 0 aliphatic carbocycles. The molecule has 0 amide bonds. The minimum absolute atomic E-state index is 0.749. The molecule has 1 heterocycles. The predicted octanol–water partition coefficient (Wildman–Crippen LogP) is 3.82. The summed E-state index contributed by atoms with van der Waals surface area (Å²) in [6, 6.07) is 4.30. The topological polar surface area (TPSA) is 24.9 Å². The summed E-state index contributed by atoms with van der Waals surface area (Å²) in [5.41, 5.74) is 2.43. The van der Waals surface area contributed by atoms with Gasteiger partial charge in [-0.2, -0.15) is 0 Å². The van der Waals surface area contributed by atoms with Crippen LogP contribution in [0.3, 0.4) is 0 Å². The minimum Gasteiger partial charge on any atom is -0.316 e. The molecule has 0 aromatic carbocycles. The molecule has 1 N–H and O–H groups in total. The summed E-state index contributed by atoms with van der Waals surface area (Å²) in [6.45, 7) is 11.0. The minimum atomic E-state index is 0.749. The lowest BCUT2D eigenvalue weighted by atomic mass is 10.2. The molecule has 18 heavy (non-hydrogen) atoms. The molecule has 0 saturated carbocycles. The van der Waals surface area contributed by atoms with Crippen molar-refractivity contribution in [3.63, 3.8) is 0 Å². The lowest BCUT2D eigenvalue weighted by Crippen LogP contribution is -2.20. The van der Waals surface area contributed by atoms with E-state index in [1.54, 1.807) is 0 Å². The Morgan fingerprint density at radius 2 is 2.00 bits per heavy atom. The molecule has 0 saturated heterocycles. The Bertz CT molecular complexity index is 330. The molecule has 1 rings (SSSR count). The molecule has 1 aromatic heterocycles. The second-order valence-electron chi connectivity index (χ2n) is 5.28. The number of hydrogen-bond donors (Lipinski definition) is 1. The molecular formula is C15H26N2S. The zero-order valence-corrected chi connectivity index (χ0v) is 12.9. The van der Waals surface area contributed by atoms with Crippen LogP contribution in [-0.2, 0) is 0 Å². The molecule has 0 unspecified atom stereocenters. The number of aromatic nitrogens is 1. The van der Waals surface area contributed by atoms with E-state index in [9.17, 15) is 0 Å². The maximum Gasteiger partial charge on any atom is 0.0965 e. The number of nitrogens with zero attached hydrogens (tertiary/aromatic N) is 1. The van der Waals surface area contributed by atoms with E-state index < -0.39 is 0 Å². The number of unbranched alkanes of at least 4 members (excludes halogenated alkanes) is 1. The van der Waals surface area contributed by atoms with Gasteiger partial charge in [-0.25, -0.2) is 4.98 Å². The van der Waals surface area contributed by atoms with Crippen LogP contribution in [-0.4, -0.2) is 23.8 Å². The van der Waals surface area contributed by atoms with Gasteiger partial charge >= 0.3 is 0 Å². The van der Waals surface area contributed by atoms with Gasteiger partial charge in [0, 0.05) is 5.69 Å². The van der Waals surface area contributed by atoms with Crippen molar-refractivity contribution in [3.05, 3.63) is 23.4 Å². The highest BCUT2D eigenvalue weighted by Gasteiger charge is 1.99. The van der Waals surface area contributed by atoms with Crippen LogP contribution in [0.15, 0.2) is 17.2 Å². The summed E-state index contributed by atoms with van der Waals surface area (Å²) in [6.07, 6.45) is 2.51. The third-order valence-electron chi connectivity index (χ3n) is 2.62. The molecule has 0 aliphatic rings. The number of thioether (sulfide) groups is 1. The van der Waals surface area contributed by atoms with Crippen LogP contribution in [0.2, 0.25) is 0 Å². The van der Waals surface area contributed by atoms with E-state index in [2.05, 4.69) is 50.1 Å². The van der Waals surface area contributed by atoms with Crippen LogP contribution in [0.25, 0.3) is 0 Å². The molecule has 0 aliphatic heterocycles. The van der Waals surface area contributed by atoms with Crippen LogP contribution in [0, 0.1) is 19.8 Å². The van der Waals surface area contributed by atoms with Crippen LogP contribution < -0.4 is 5.32 Å². The highest BCUT2D eigenvalue weighted by molar-refractivity contribution is 7.99. The Kier molecular flexibility index (Phi) is 7.36. The normalized spacial score (nSPS) is 11.2. The Balaban J connectivity index is 2.10. The average Bonchev–Trinajstić information content (AvgIpc) is 2.26. The van der Waals surface area contributed by atoms with Gasteiger partial charge in [0.25, 0.3) is 0 Å². The average molecular weight is 266 g/mol. The van der Waals surface area contributed by atoms with E-state index in [0.717, 1.165) is 24.7 Å². The first kappa shape index (κ1) is 15.5. The van der Waals surface area contributed by atoms with Gasteiger partial charge in [-0.3, -0.25) is 0 Å². The van der Waals surface area contributed by atoms with Crippen LogP contribution in [0.5, 0.6) is 0 Å². The fourth-order valence-electron chi connectivity index (χ4n) is 1.80. The highest BCUT2D eigenvalue weighted by atomic mass is 32.2. The number of hydrogen-bond acceptors (Lipinski definition) is 3. The largest absolute Gasteiger partial charge is 0.316 e. The van der Waals surface area contributed by atoms with Crippen molar-refractivity contribution in [2.75, 3.05) is 18.8 Å². The number of rotatable bonds is 8. The van der Waals surface area contributed by atoms with Crippen LogP contribution in [0.1, 0.15) is 37.9 Å². The number of nitrogens with one attached hydrogen (secondary N) is 1. The Labute approximate surface area is 116 Å². The monoisotopic (exact) mass is 266 g/mol.